The lowest BCUT2D eigenvalue weighted by Gasteiger charge is -2.26. The smallest absolute Gasteiger partial charge is 0.153 e. The normalized spacial score (nSPS) is 15.6. The van der Waals surface area contributed by atoms with Gasteiger partial charge in [-0.1, -0.05) is 6.42 Å². The molecule has 1 saturated heterocycles. The molecule has 3 aromatic rings. The lowest BCUT2D eigenvalue weighted by atomic mass is 10.0. The summed E-state index contributed by atoms with van der Waals surface area (Å²) in [5.74, 6) is 0.0838. The van der Waals surface area contributed by atoms with Crippen molar-refractivity contribution in [3.63, 3.8) is 0 Å². The van der Waals surface area contributed by atoms with Crippen LogP contribution in [0.3, 0.4) is 0 Å². The number of halogens is 1. The van der Waals surface area contributed by atoms with Crippen molar-refractivity contribution in [1.82, 2.24) is 19.9 Å². The zero-order valence-electron chi connectivity index (χ0n) is 14.0. The van der Waals surface area contributed by atoms with Crippen LogP contribution in [-0.4, -0.2) is 32.9 Å². The Labute approximate surface area is 145 Å². The summed E-state index contributed by atoms with van der Waals surface area (Å²) < 4.78 is 14.2. The minimum atomic E-state index is -0.247. The van der Waals surface area contributed by atoms with Crippen molar-refractivity contribution in [2.24, 2.45) is 0 Å². The molecule has 0 aliphatic carbocycles. The number of anilines is 1. The van der Waals surface area contributed by atoms with Crippen LogP contribution in [0, 0.1) is 5.82 Å². The Bertz CT molecular complexity index is 905. The number of aromatic nitrogens is 3. The predicted molar refractivity (Wildman–Crippen MR) is 96.3 cm³/mol. The third kappa shape index (κ3) is 3.44. The van der Waals surface area contributed by atoms with Crippen molar-refractivity contribution < 1.29 is 4.39 Å². The molecule has 0 radical (unpaired) electrons. The highest BCUT2D eigenvalue weighted by Gasteiger charge is 2.13. The molecule has 25 heavy (non-hydrogen) atoms. The molecule has 0 saturated carbocycles. The Morgan fingerprint density at radius 1 is 1.04 bits per heavy atom. The van der Waals surface area contributed by atoms with Gasteiger partial charge in [-0.25, -0.2) is 19.3 Å². The summed E-state index contributed by atoms with van der Waals surface area (Å²) in [6.07, 6.45) is 5.13. The van der Waals surface area contributed by atoms with Gasteiger partial charge in [0.15, 0.2) is 5.82 Å². The van der Waals surface area contributed by atoms with Crippen molar-refractivity contribution in [2.45, 2.75) is 25.8 Å². The first-order valence-corrected chi connectivity index (χ1v) is 8.58. The number of hydrogen-bond donors (Lipinski definition) is 1. The Balaban J connectivity index is 1.69. The fourth-order valence-corrected chi connectivity index (χ4v) is 3.38. The van der Waals surface area contributed by atoms with Crippen LogP contribution in [0.25, 0.3) is 22.3 Å². The van der Waals surface area contributed by atoms with E-state index in [-0.39, 0.29) is 5.82 Å². The van der Waals surface area contributed by atoms with Crippen molar-refractivity contribution in [1.29, 1.82) is 0 Å². The van der Waals surface area contributed by atoms with E-state index >= 15 is 0 Å². The quantitative estimate of drug-likeness (QED) is 0.793. The SMILES string of the molecule is Nc1ncnc2ccc(-c3cc(F)cc(CN4CCCCC4)c3)nc12. The van der Waals surface area contributed by atoms with E-state index in [9.17, 15) is 4.39 Å². The average Bonchev–Trinajstić information content (AvgIpc) is 2.62. The van der Waals surface area contributed by atoms with E-state index in [2.05, 4.69) is 19.9 Å². The molecule has 128 valence electrons. The molecule has 0 unspecified atom stereocenters. The average molecular weight is 337 g/mol. The minimum Gasteiger partial charge on any atom is -0.382 e. The molecule has 3 heterocycles. The molecule has 2 aromatic heterocycles. The molecule has 6 heteroatoms. The van der Waals surface area contributed by atoms with E-state index in [1.165, 1.54) is 31.7 Å². The molecule has 0 spiro atoms. The number of nitrogens with two attached hydrogens (primary N) is 1. The second kappa shape index (κ2) is 6.72. The number of nitrogens with zero attached hydrogens (tertiary/aromatic N) is 4. The van der Waals surface area contributed by atoms with E-state index in [0.717, 1.165) is 30.8 Å². The van der Waals surface area contributed by atoms with E-state index < -0.39 is 0 Å². The number of hydrogen-bond acceptors (Lipinski definition) is 5. The summed E-state index contributed by atoms with van der Waals surface area (Å²) in [5.41, 5.74) is 9.51. The number of benzene rings is 1. The Morgan fingerprint density at radius 2 is 1.88 bits per heavy atom. The maximum absolute atomic E-state index is 14.2. The highest BCUT2D eigenvalue weighted by Crippen LogP contribution is 2.25. The third-order valence-corrected chi connectivity index (χ3v) is 4.62. The predicted octanol–water partition coefficient (Wildman–Crippen LogP) is 3.40. The summed E-state index contributed by atoms with van der Waals surface area (Å²) in [4.78, 5) is 15.1. The molecule has 1 aliphatic heterocycles. The minimum absolute atomic E-state index is 0.247. The first-order chi connectivity index (χ1) is 12.2. The molecule has 1 aliphatic rings. The summed E-state index contributed by atoms with van der Waals surface area (Å²) >= 11 is 0. The number of nitrogen functional groups attached to an aromatic ring is 1. The number of piperidine rings is 1. The van der Waals surface area contributed by atoms with E-state index in [0.29, 0.717) is 22.5 Å². The molecule has 1 aromatic carbocycles. The molecule has 1 fully saturated rings. The zero-order chi connectivity index (χ0) is 17.2. The van der Waals surface area contributed by atoms with Gasteiger partial charge in [0, 0.05) is 12.1 Å². The topological polar surface area (TPSA) is 67.9 Å². The van der Waals surface area contributed by atoms with E-state index in [4.69, 9.17) is 5.73 Å². The second-order valence-corrected chi connectivity index (χ2v) is 6.51. The van der Waals surface area contributed by atoms with Crippen LogP contribution < -0.4 is 5.73 Å². The summed E-state index contributed by atoms with van der Waals surface area (Å²) in [5, 5.41) is 0. The summed E-state index contributed by atoms with van der Waals surface area (Å²) in [7, 11) is 0. The van der Waals surface area contributed by atoms with Crippen molar-refractivity contribution in [2.75, 3.05) is 18.8 Å². The van der Waals surface area contributed by atoms with Gasteiger partial charge in [-0.3, -0.25) is 4.90 Å². The number of fused-ring (bicyclic) bond motifs is 1. The monoisotopic (exact) mass is 337 g/mol. The summed E-state index contributed by atoms with van der Waals surface area (Å²) in [6.45, 7) is 2.92. The summed E-state index contributed by atoms with van der Waals surface area (Å²) in [6, 6.07) is 8.80. The molecule has 0 amide bonds. The van der Waals surface area contributed by atoms with Crippen LogP contribution >= 0.6 is 0 Å². The van der Waals surface area contributed by atoms with Gasteiger partial charge in [0.25, 0.3) is 0 Å². The number of pyridine rings is 1. The van der Waals surface area contributed by atoms with Crippen molar-refractivity contribution in [3.05, 3.63) is 48.0 Å². The molecule has 2 N–H and O–H groups in total. The maximum atomic E-state index is 14.2. The highest BCUT2D eigenvalue weighted by atomic mass is 19.1. The van der Waals surface area contributed by atoms with Crippen LogP contribution in [-0.2, 0) is 6.54 Å². The lowest BCUT2D eigenvalue weighted by molar-refractivity contribution is 0.220. The molecule has 5 nitrogen and oxygen atoms in total. The molecule has 0 atom stereocenters. The molecular weight excluding hydrogens is 317 g/mol. The molecule has 4 rings (SSSR count). The number of rotatable bonds is 3. The molecule has 0 bridgehead atoms. The second-order valence-electron chi connectivity index (χ2n) is 6.51. The van der Waals surface area contributed by atoms with Crippen LogP contribution in [0.4, 0.5) is 10.2 Å². The Hall–Kier alpha value is -2.60. The lowest BCUT2D eigenvalue weighted by Crippen LogP contribution is -2.29. The van der Waals surface area contributed by atoms with Gasteiger partial charge in [0.05, 0.1) is 11.2 Å². The fourth-order valence-electron chi connectivity index (χ4n) is 3.38. The van der Waals surface area contributed by atoms with Gasteiger partial charge in [-0.05, 0) is 61.8 Å². The van der Waals surface area contributed by atoms with Crippen molar-refractivity contribution >= 4 is 16.9 Å². The fraction of sp³-hybridized carbons (Fsp3) is 0.316. The van der Waals surface area contributed by atoms with Gasteiger partial charge in [0.2, 0.25) is 0 Å². The van der Waals surface area contributed by atoms with Crippen LogP contribution in [0.15, 0.2) is 36.7 Å². The van der Waals surface area contributed by atoms with Gasteiger partial charge < -0.3 is 5.73 Å². The van der Waals surface area contributed by atoms with E-state index in [1.54, 1.807) is 6.07 Å². The van der Waals surface area contributed by atoms with Crippen LogP contribution in [0.2, 0.25) is 0 Å². The molecular formula is C19H20FN5. The van der Waals surface area contributed by atoms with Crippen LogP contribution in [0.1, 0.15) is 24.8 Å². The van der Waals surface area contributed by atoms with Gasteiger partial charge in [-0.15, -0.1) is 0 Å². The van der Waals surface area contributed by atoms with Gasteiger partial charge in [-0.2, -0.15) is 0 Å². The zero-order valence-corrected chi connectivity index (χ0v) is 14.0. The highest BCUT2D eigenvalue weighted by molar-refractivity contribution is 5.85. The standard InChI is InChI=1S/C19H20FN5/c20-15-9-13(11-25-6-2-1-3-7-25)8-14(10-15)16-4-5-17-18(24-16)19(21)23-12-22-17/h4-5,8-10,12H,1-3,6-7,11H2,(H2,21,22,23). The largest absolute Gasteiger partial charge is 0.382 e. The Kier molecular flexibility index (Phi) is 4.28. The first kappa shape index (κ1) is 15.9. The third-order valence-electron chi connectivity index (χ3n) is 4.62. The van der Waals surface area contributed by atoms with Crippen molar-refractivity contribution in [3.8, 4) is 11.3 Å². The van der Waals surface area contributed by atoms with Gasteiger partial charge in [0.1, 0.15) is 17.7 Å². The maximum Gasteiger partial charge on any atom is 0.153 e. The Morgan fingerprint density at radius 3 is 2.72 bits per heavy atom. The first-order valence-electron chi connectivity index (χ1n) is 8.58. The van der Waals surface area contributed by atoms with E-state index in [1.807, 2.05) is 18.2 Å². The van der Waals surface area contributed by atoms with Crippen LogP contribution in [0.5, 0.6) is 0 Å². The number of likely N-dealkylation sites (tertiary alicyclic amines) is 1. The van der Waals surface area contributed by atoms with Gasteiger partial charge >= 0.3 is 0 Å².